The van der Waals surface area contributed by atoms with Crippen molar-refractivity contribution in [1.82, 2.24) is 5.32 Å². The van der Waals surface area contributed by atoms with Crippen LogP contribution in [-0.4, -0.2) is 36.7 Å². The number of carbonyl (C=O) groups is 2. The summed E-state index contributed by atoms with van der Waals surface area (Å²) >= 11 is 0. The van der Waals surface area contributed by atoms with Crippen molar-refractivity contribution in [3.05, 3.63) is 72.3 Å². The number of carbonyl (C=O) groups excluding carboxylic acids is 1. The van der Waals surface area contributed by atoms with Crippen LogP contribution < -0.4 is 14.8 Å². The molecular weight excluding hydrogens is 406 g/mol. The SMILES string of the molecule is C=CCOc1ccc(OCCCCCCCc2ccc(C(=O)NCCC(=O)O)cc2)cc1. The summed E-state index contributed by atoms with van der Waals surface area (Å²) < 4.78 is 11.2. The van der Waals surface area contributed by atoms with Crippen LogP contribution in [0.2, 0.25) is 0 Å². The molecule has 0 aliphatic carbocycles. The van der Waals surface area contributed by atoms with Crippen LogP contribution in [0.4, 0.5) is 0 Å². The van der Waals surface area contributed by atoms with Gasteiger partial charge in [-0.3, -0.25) is 9.59 Å². The van der Waals surface area contributed by atoms with E-state index in [0.29, 0.717) is 18.8 Å². The smallest absolute Gasteiger partial charge is 0.305 e. The Hall–Kier alpha value is -3.28. The Labute approximate surface area is 190 Å². The fourth-order valence-electron chi connectivity index (χ4n) is 3.15. The van der Waals surface area contributed by atoms with E-state index in [-0.39, 0.29) is 18.9 Å². The van der Waals surface area contributed by atoms with Crippen LogP contribution in [0.1, 0.15) is 54.4 Å². The molecule has 0 spiro atoms. The van der Waals surface area contributed by atoms with Gasteiger partial charge in [0.2, 0.25) is 0 Å². The third-order valence-electron chi connectivity index (χ3n) is 4.91. The minimum Gasteiger partial charge on any atom is -0.494 e. The molecule has 0 heterocycles. The minimum atomic E-state index is -0.923. The molecule has 0 unspecified atom stereocenters. The summed E-state index contributed by atoms with van der Waals surface area (Å²) in [5.41, 5.74) is 1.76. The van der Waals surface area contributed by atoms with Crippen molar-refractivity contribution in [3.63, 3.8) is 0 Å². The number of aryl methyl sites for hydroxylation is 1. The van der Waals surface area contributed by atoms with Gasteiger partial charge in [0.05, 0.1) is 13.0 Å². The summed E-state index contributed by atoms with van der Waals surface area (Å²) in [5, 5.41) is 11.2. The molecule has 172 valence electrons. The highest BCUT2D eigenvalue weighted by Gasteiger charge is 2.06. The lowest BCUT2D eigenvalue weighted by atomic mass is 10.0. The van der Waals surface area contributed by atoms with E-state index in [9.17, 15) is 9.59 Å². The predicted octanol–water partition coefficient (Wildman–Crippen LogP) is 5.03. The molecule has 0 saturated carbocycles. The number of carboxylic acids is 1. The van der Waals surface area contributed by atoms with E-state index in [2.05, 4.69) is 11.9 Å². The Morgan fingerprint density at radius 2 is 1.50 bits per heavy atom. The second-order valence-electron chi connectivity index (χ2n) is 7.53. The topological polar surface area (TPSA) is 84.9 Å². The van der Waals surface area contributed by atoms with Gasteiger partial charge in [-0.2, -0.15) is 0 Å². The Morgan fingerprint density at radius 3 is 2.16 bits per heavy atom. The molecule has 0 fully saturated rings. The molecule has 6 heteroatoms. The molecule has 0 saturated heterocycles. The van der Waals surface area contributed by atoms with E-state index >= 15 is 0 Å². The Balaban J connectivity index is 1.52. The van der Waals surface area contributed by atoms with Crippen molar-refractivity contribution in [2.75, 3.05) is 19.8 Å². The molecule has 32 heavy (non-hydrogen) atoms. The maximum Gasteiger partial charge on any atom is 0.305 e. The third kappa shape index (κ3) is 10.2. The molecule has 2 aromatic carbocycles. The third-order valence-corrected chi connectivity index (χ3v) is 4.91. The summed E-state index contributed by atoms with van der Waals surface area (Å²) in [6, 6.07) is 15.2. The van der Waals surface area contributed by atoms with E-state index in [4.69, 9.17) is 14.6 Å². The lowest BCUT2D eigenvalue weighted by Gasteiger charge is -2.08. The van der Waals surface area contributed by atoms with E-state index in [1.54, 1.807) is 18.2 Å². The summed E-state index contributed by atoms with van der Waals surface area (Å²) in [6.07, 6.45) is 8.23. The molecule has 0 aromatic heterocycles. The normalized spacial score (nSPS) is 10.4. The molecule has 0 aliphatic rings. The number of amides is 1. The van der Waals surface area contributed by atoms with Gasteiger partial charge in [-0.05, 0) is 61.2 Å². The highest BCUT2D eigenvalue weighted by Crippen LogP contribution is 2.18. The fraction of sp³-hybridized carbons (Fsp3) is 0.385. The number of hydrogen-bond donors (Lipinski definition) is 2. The van der Waals surface area contributed by atoms with Gasteiger partial charge in [-0.25, -0.2) is 0 Å². The minimum absolute atomic E-state index is 0.0745. The average Bonchev–Trinajstić information content (AvgIpc) is 2.80. The van der Waals surface area contributed by atoms with Gasteiger partial charge >= 0.3 is 5.97 Å². The van der Waals surface area contributed by atoms with E-state index < -0.39 is 5.97 Å². The molecule has 2 N–H and O–H groups in total. The van der Waals surface area contributed by atoms with Gasteiger partial charge in [-0.15, -0.1) is 0 Å². The van der Waals surface area contributed by atoms with Crippen molar-refractivity contribution in [3.8, 4) is 11.5 Å². The fourth-order valence-corrected chi connectivity index (χ4v) is 3.15. The number of nitrogens with one attached hydrogen (secondary N) is 1. The zero-order chi connectivity index (χ0) is 23.0. The molecule has 2 aromatic rings. The molecule has 6 nitrogen and oxygen atoms in total. The highest BCUT2D eigenvalue weighted by atomic mass is 16.5. The van der Waals surface area contributed by atoms with E-state index in [1.165, 1.54) is 12.0 Å². The van der Waals surface area contributed by atoms with Gasteiger partial charge in [0, 0.05) is 12.1 Å². The van der Waals surface area contributed by atoms with Crippen molar-refractivity contribution >= 4 is 11.9 Å². The zero-order valence-electron chi connectivity index (χ0n) is 18.6. The molecule has 2 rings (SSSR count). The molecular formula is C26H33NO5. The monoisotopic (exact) mass is 439 g/mol. The standard InChI is InChI=1S/C26H33NO5/c1-2-19-31-23-13-15-24(16-14-23)32-20-7-5-3-4-6-8-21-9-11-22(12-10-21)26(30)27-18-17-25(28)29/h2,9-16H,1,3-8,17-20H2,(H,27,30)(H,28,29). The predicted molar refractivity (Wildman–Crippen MR) is 125 cm³/mol. The van der Waals surface area contributed by atoms with Crippen LogP contribution in [-0.2, 0) is 11.2 Å². The summed E-state index contributed by atoms with van der Waals surface area (Å²) in [5.74, 6) is 0.506. The first-order valence-electron chi connectivity index (χ1n) is 11.1. The van der Waals surface area contributed by atoms with Crippen molar-refractivity contribution in [2.24, 2.45) is 0 Å². The maximum absolute atomic E-state index is 11.9. The maximum atomic E-state index is 11.9. The number of aliphatic carboxylic acids is 1. The van der Waals surface area contributed by atoms with Crippen LogP contribution in [0.25, 0.3) is 0 Å². The second kappa shape index (κ2) is 14.7. The van der Waals surface area contributed by atoms with Crippen molar-refractivity contribution in [2.45, 2.75) is 44.9 Å². The quantitative estimate of drug-likeness (QED) is 0.283. The Bertz CT molecular complexity index is 830. The number of rotatable bonds is 16. The largest absolute Gasteiger partial charge is 0.494 e. The van der Waals surface area contributed by atoms with Crippen LogP contribution in [0.15, 0.2) is 61.2 Å². The summed E-state index contributed by atoms with van der Waals surface area (Å²) in [7, 11) is 0. The summed E-state index contributed by atoms with van der Waals surface area (Å²) in [4.78, 5) is 22.4. The lowest BCUT2D eigenvalue weighted by molar-refractivity contribution is -0.136. The lowest BCUT2D eigenvalue weighted by Crippen LogP contribution is -2.25. The van der Waals surface area contributed by atoms with Gasteiger partial charge in [0.25, 0.3) is 5.91 Å². The first-order chi connectivity index (χ1) is 15.6. The van der Waals surface area contributed by atoms with Crippen LogP contribution >= 0.6 is 0 Å². The van der Waals surface area contributed by atoms with Crippen LogP contribution in [0.5, 0.6) is 11.5 Å². The van der Waals surface area contributed by atoms with Crippen LogP contribution in [0.3, 0.4) is 0 Å². The number of hydrogen-bond acceptors (Lipinski definition) is 4. The van der Waals surface area contributed by atoms with Gasteiger partial charge in [-0.1, -0.05) is 44.1 Å². The number of carboxylic acid groups (broad SMARTS) is 1. The van der Waals surface area contributed by atoms with Crippen molar-refractivity contribution < 1.29 is 24.2 Å². The zero-order valence-corrected chi connectivity index (χ0v) is 18.6. The highest BCUT2D eigenvalue weighted by molar-refractivity contribution is 5.94. The molecule has 0 aliphatic heterocycles. The van der Waals surface area contributed by atoms with Gasteiger partial charge in [0.1, 0.15) is 18.1 Å². The average molecular weight is 440 g/mol. The molecule has 0 atom stereocenters. The molecule has 0 bridgehead atoms. The van der Waals surface area contributed by atoms with Gasteiger partial charge < -0.3 is 19.9 Å². The second-order valence-corrected chi connectivity index (χ2v) is 7.53. The number of unbranched alkanes of at least 4 members (excludes halogenated alkanes) is 4. The number of benzene rings is 2. The first kappa shape index (κ1) is 25.0. The van der Waals surface area contributed by atoms with E-state index in [0.717, 1.165) is 43.6 Å². The molecule has 1 amide bonds. The summed E-state index contributed by atoms with van der Waals surface area (Å²) in [6.45, 7) is 4.98. The first-order valence-corrected chi connectivity index (χ1v) is 11.1. The number of ether oxygens (including phenoxy) is 2. The van der Waals surface area contributed by atoms with Gasteiger partial charge in [0.15, 0.2) is 0 Å². The molecule has 0 radical (unpaired) electrons. The van der Waals surface area contributed by atoms with E-state index in [1.807, 2.05) is 36.4 Å². The van der Waals surface area contributed by atoms with Crippen LogP contribution in [0, 0.1) is 0 Å². The Kier molecular flexibility index (Phi) is 11.5. The Morgan fingerprint density at radius 1 is 0.875 bits per heavy atom. The van der Waals surface area contributed by atoms with Crippen molar-refractivity contribution in [1.29, 1.82) is 0 Å².